The van der Waals surface area contributed by atoms with E-state index in [0.717, 1.165) is 19.3 Å². The minimum absolute atomic E-state index is 0.0530. The molecule has 12 heteroatoms. The van der Waals surface area contributed by atoms with Gasteiger partial charge in [-0.05, 0) is 31.0 Å². The summed E-state index contributed by atoms with van der Waals surface area (Å²) >= 11 is 6.25. The largest absolute Gasteiger partial charge is 0.493 e. The molecule has 0 saturated carbocycles. The van der Waals surface area contributed by atoms with Crippen LogP contribution in [0.1, 0.15) is 29.6 Å². The van der Waals surface area contributed by atoms with Gasteiger partial charge in [0.05, 0.1) is 42.5 Å². The van der Waals surface area contributed by atoms with Crippen LogP contribution < -0.4 is 19.5 Å². The number of sulfonamides is 1. The maximum Gasteiger partial charge on any atom is 0.340 e. The fourth-order valence-electron chi connectivity index (χ4n) is 3.60. The molecule has 1 aliphatic heterocycles. The first-order valence-corrected chi connectivity index (χ1v) is 12.6. The summed E-state index contributed by atoms with van der Waals surface area (Å²) in [6.07, 6.45) is 2.65. The second-order valence-corrected chi connectivity index (χ2v) is 9.98. The Bertz CT molecular complexity index is 1200. The van der Waals surface area contributed by atoms with Crippen molar-refractivity contribution in [2.24, 2.45) is 0 Å². The van der Waals surface area contributed by atoms with E-state index in [0.29, 0.717) is 18.8 Å². The molecule has 0 aliphatic carbocycles. The number of ether oxygens (including phenoxy) is 4. The number of anilines is 1. The van der Waals surface area contributed by atoms with Gasteiger partial charge in [-0.3, -0.25) is 4.79 Å². The van der Waals surface area contributed by atoms with Gasteiger partial charge in [0.25, 0.3) is 5.91 Å². The Hall–Kier alpha value is -3.02. The number of carbonyl (C=O) groups is 2. The monoisotopic (exact) mass is 526 g/mol. The predicted molar refractivity (Wildman–Crippen MR) is 129 cm³/mol. The highest BCUT2D eigenvalue weighted by atomic mass is 35.5. The second kappa shape index (κ2) is 11.6. The van der Waals surface area contributed by atoms with Crippen LogP contribution in [-0.2, 0) is 19.6 Å². The van der Waals surface area contributed by atoms with Crippen LogP contribution in [0.2, 0.25) is 5.02 Å². The lowest BCUT2D eigenvalue weighted by Crippen LogP contribution is -2.35. The molecular weight excluding hydrogens is 500 g/mol. The van der Waals surface area contributed by atoms with Gasteiger partial charge in [-0.2, -0.15) is 4.31 Å². The van der Waals surface area contributed by atoms with Crippen LogP contribution in [-0.4, -0.2) is 65.6 Å². The Morgan fingerprint density at radius 2 is 1.63 bits per heavy atom. The van der Waals surface area contributed by atoms with Crippen LogP contribution in [0.4, 0.5) is 5.69 Å². The van der Waals surface area contributed by atoms with Crippen LogP contribution in [0.25, 0.3) is 0 Å². The average molecular weight is 527 g/mol. The van der Waals surface area contributed by atoms with E-state index >= 15 is 0 Å². The highest BCUT2D eigenvalue weighted by Gasteiger charge is 2.27. The maximum absolute atomic E-state index is 12.8. The summed E-state index contributed by atoms with van der Waals surface area (Å²) < 4.78 is 47.8. The minimum Gasteiger partial charge on any atom is -0.493 e. The van der Waals surface area contributed by atoms with Crippen LogP contribution >= 0.6 is 11.6 Å². The molecule has 35 heavy (non-hydrogen) atoms. The van der Waals surface area contributed by atoms with Gasteiger partial charge < -0.3 is 24.3 Å². The zero-order valence-corrected chi connectivity index (χ0v) is 21.2. The maximum atomic E-state index is 12.8. The molecule has 1 heterocycles. The molecule has 2 aromatic carbocycles. The van der Waals surface area contributed by atoms with E-state index in [1.165, 1.54) is 56.0 Å². The van der Waals surface area contributed by atoms with E-state index in [9.17, 15) is 18.0 Å². The van der Waals surface area contributed by atoms with Crippen molar-refractivity contribution in [1.29, 1.82) is 0 Å². The number of carbonyl (C=O) groups excluding carboxylic acids is 2. The normalized spacial score (nSPS) is 14.2. The van der Waals surface area contributed by atoms with Crippen molar-refractivity contribution in [3.63, 3.8) is 0 Å². The SMILES string of the molecule is COC(=O)c1cc(OC)c(OC)cc1NC(=O)COc1ccc(S(=O)(=O)N2CCCCC2)cc1Cl. The summed E-state index contributed by atoms with van der Waals surface area (Å²) in [7, 11) is 0.393. The number of methoxy groups -OCH3 is 3. The van der Waals surface area contributed by atoms with Gasteiger partial charge in [-0.15, -0.1) is 0 Å². The second-order valence-electron chi connectivity index (χ2n) is 7.64. The molecule has 0 spiro atoms. The molecule has 0 radical (unpaired) electrons. The summed E-state index contributed by atoms with van der Waals surface area (Å²) in [5.41, 5.74) is 0.195. The Morgan fingerprint density at radius 3 is 2.23 bits per heavy atom. The Kier molecular flexibility index (Phi) is 8.82. The lowest BCUT2D eigenvalue weighted by atomic mass is 10.1. The van der Waals surface area contributed by atoms with E-state index < -0.39 is 28.5 Å². The number of nitrogens with zero attached hydrogens (tertiary/aromatic N) is 1. The van der Waals surface area contributed by atoms with Gasteiger partial charge >= 0.3 is 5.97 Å². The molecule has 190 valence electrons. The third-order valence-corrected chi connectivity index (χ3v) is 7.61. The topological polar surface area (TPSA) is 120 Å². The third kappa shape index (κ3) is 6.16. The molecule has 0 atom stereocenters. The van der Waals surface area contributed by atoms with Gasteiger partial charge in [-0.1, -0.05) is 18.0 Å². The smallest absolute Gasteiger partial charge is 0.340 e. The summed E-state index contributed by atoms with van der Waals surface area (Å²) in [6, 6.07) is 6.92. The van der Waals surface area contributed by atoms with Crippen LogP contribution in [0.3, 0.4) is 0 Å². The van der Waals surface area contributed by atoms with E-state index in [4.69, 9.17) is 30.5 Å². The molecule has 10 nitrogen and oxygen atoms in total. The lowest BCUT2D eigenvalue weighted by Gasteiger charge is -2.26. The number of rotatable bonds is 9. The van der Waals surface area contributed by atoms with Crippen molar-refractivity contribution in [3.8, 4) is 17.2 Å². The molecule has 3 rings (SSSR count). The molecule has 0 unspecified atom stereocenters. The highest BCUT2D eigenvalue weighted by molar-refractivity contribution is 7.89. The first kappa shape index (κ1) is 26.6. The van der Waals surface area contributed by atoms with E-state index in [1.807, 2.05) is 0 Å². The number of halogens is 1. The first-order chi connectivity index (χ1) is 16.7. The van der Waals surface area contributed by atoms with Crippen molar-refractivity contribution in [2.45, 2.75) is 24.2 Å². The first-order valence-electron chi connectivity index (χ1n) is 10.8. The van der Waals surface area contributed by atoms with Crippen LogP contribution in [0, 0.1) is 0 Å². The fraction of sp³-hybridized carbons (Fsp3) is 0.391. The summed E-state index contributed by atoms with van der Waals surface area (Å²) in [6.45, 7) is 0.497. The third-order valence-electron chi connectivity index (χ3n) is 5.42. The molecular formula is C23H27ClN2O8S. The Balaban J connectivity index is 1.72. The number of hydrogen-bond acceptors (Lipinski definition) is 8. The Morgan fingerprint density at radius 1 is 0.971 bits per heavy atom. The molecule has 0 aromatic heterocycles. The number of esters is 1. The molecule has 1 amide bonds. The van der Waals surface area contributed by atoms with Gasteiger partial charge in [0.2, 0.25) is 10.0 Å². The Labute approximate surface area is 209 Å². The zero-order chi connectivity index (χ0) is 25.6. The number of hydrogen-bond donors (Lipinski definition) is 1. The summed E-state index contributed by atoms with van der Waals surface area (Å²) in [5, 5.41) is 2.63. The van der Waals surface area contributed by atoms with Crippen molar-refractivity contribution >= 4 is 39.2 Å². The molecule has 1 fully saturated rings. The molecule has 1 saturated heterocycles. The molecule has 2 aromatic rings. The van der Waals surface area contributed by atoms with Crippen molar-refractivity contribution in [1.82, 2.24) is 4.31 Å². The van der Waals surface area contributed by atoms with Crippen molar-refractivity contribution in [3.05, 3.63) is 40.9 Å². The predicted octanol–water partition coefficient (Wildman–Crippen LogP) is 3.34. The van der Waals surface area contributed by atoms with Gasteiger partial charge in [0.1, 0.15) is 5.75 Å². The van der Waals surface area contributed by atoms with E-state index in [1.54, 1.807) is 0 Å². The van der Waals surface area contributed by atoms with Crippen molar-refractivity contribution < 1.29 is 37.0 Å². The zero-order valence-electron chi connectivity index (χ0n) is 19.6. The lowest BCUT2D eigenvalue weighted by molar-refractivity contribution is -0.118. The number of nitrogens with one attached hydrogen (secondary N) is 1. The van der Waals surface area contributed by atoms with E-state index in [2.05, 4.69) is 5.32 Å². The summed E-state index contributed by atoms with van der Waals surface area (Å²) in [4.78, 5) is 24.8. The minimum atomic E-state index is -3.65. The average Bonchev–Trinajstić information content (AvgIpc) is 2.87. The fourth-order valence-corrected chi connectivity index (χ4v) is 5.45. The molecule has 1 N–H and O–H groups in total. The quantitative estimate of drug-likeness (QED) is 0.494. The molecule has 0 bridgehead atoms. The number of benzene rings is 2. The van der Waals surface area contributed by atoms with Gasteiger partial charge in [0, 0.05) is 25.2 Å². The number of piperidine rings is 1. The van der Waals surface area contributed by atoms with Gasteiger partial charge in [0.15, 0.2) is 18.1 Å². The summed E-state index contributed by atoms with van der Waals surface area (Å²) in [5.74, 6) is -0.558. The number of amides is 1. The van der Waals surface area contributed by atoms with Crippen molar-refractivity contribution in [2.75, 3.05) is 46.3 Å². The van der Waals surface area contributed by atoms with Gasteiger partial charge in [-0.25, -0.2) is 13.2 Å². The van der Waals surface area contributed by atoms with Crippen LogP contribution in [0.5, 0.6) is 17.2 Å². The van der Waals surface area contributed by atoms with Crippen LogP contribution in [0.15, 0.2) is 35.2 Å². The molecule has 1 aliphatic rings. The standard InChI is InChI=1S/C23H27ClN2O8S/c1-31-20-12-16(23(28)33-3)18(13-21(20)32-2)25-22(27)14-34-19-8-7-15(11-17(19)24)35(29,30)26-9-5-4-6-10-26/h7-8,11-13H,4-6,9-10,14H2,1-3H3,(H,25,27). The highest BCUT2D eigenvalue weighted by Crippen LogP contribution is 2.34. The van der Waals surface area contributed by atoms with E-state index in [-0.39, 0.29) is 32.7 Å².